The van der Waals surface area contributed by atoms with E-state index in [1.807, 2.05) is 0 Å². The standard InChI is InChI=1S/C10H10BrFN2O2/c11-8-3-7(1-2-13-8)10(5-12)6-16-4-9(15)14-10/h1-3H,4-6H2,(H,14,15). The van der Waals surface area contributed by atoms with Crippen LogP contribution in [0.15, 0.2) is 22.9 Å². The fourth-order valence-corrected chi connectivity index (χ4v) is 2.03. The van der Waals surface area contributed by atoms with Crippen molar-refractivity contribution in [2.75, 3.05) is 19.9 Å². The molecule has 1 N–H and O–H groups in total. The van der Waals surface area contributed by atoms with E-state index in [1.165, 1.54) is 0 Å². The molecule has 1 fully saturated rings. The molecule has 1 unspecified atom stereocenters. The van der Waals surface area contributed by atoms with Gasteiger partial charge in [0.05, 0.1) is 6.61 Å². The van der Waals surface area contributed by atoms with Gasteiger partial charge < -0.3 is 10.1 Å². The van der Waals surface area contributed by atoms with Gasteiger partial charge >= 0.3 is 0 Å². The predicted molar refractivity (Wildman–Crippen MR) is 58.6 cm³/mol. The third-order valence-electron chi connectivity index (χ3n) is 2.47. The van der Waals surface area contributed by atoms with Crippen LogP contribution < -0.4 is 5.32 Å². The molecule has 1 aliphatic heterocycles. The molecule has 4 nitrogen and oxygen atoms in total. The monoisotopic (exact) mass is 288 g/mol. The van der Waals surface area contributed by atoms with E-state index in [1.54, 1.807) is 18.3 Å². The Morgan fingerprint density at radius 3 is 3.12 bits per heavy atom. The highest BCUT2D eigenvalue weighted by molar-refractivity contribution is 9.10. The summed E-state index contributed by atoms with van der Waals surface area (Å²) in [6.45, 7) is -0.602. The maximum Gasteiger partial charge on any atom is 0.246 e. The van der Waals surface area contributed by atoms with Crippen LogP contribution in [0.25, 0.3) is 0 Å². The molecule has 0 aliphatic carbocycles. The molecule has 16 heavy (non-hydrogen) atoms. The highest BCUT2D eigenvalue weighted by Crippen LogP contribution is 2.26. The van der Waals surface area contributed by atoms with Gasteiger partial charge in [0.2, 0.25) is 5.91 Å². The quantitative estimate of drug-likeness (QED) is 0.831. The Morgan fingerprint density at radius 2 is 2.50 bits per heavy atom. The molecule has 1 aliphatic rings. The molecule has 1 aromatic rings. The summed E-state index contributed by atoms with van der Waals surface area (Å²) < 4.78 is 18.9. The van der Waals surface area contributed by atoms with Crippen LogP contribution in [0, 0.1) is 0 Å². The van der Waals surface area contributed by atoms with E-state index >= 15 is 0 Å². The van der Waals surface area contributed by atoms with E-state index in [9.17, 15) is 9.18 Å². The minimum Gasteiger partial charge on any atom is -0.369 e. The minimum absolute atomic E-state index is 0.0198. The van der Waals surface area contributed by atoms with Crippen LogP contribution in [0.2, 0.25) is 0 Å². The van der Waals surface area contributed by atoms with Crippen molar-refractivity contribution < 1.29 is 13.9 Å². The summed E-state index contributed by atoms with van der Waals surface area (Å²) in [7, 11) is 0. The molecule has 0 saturated carbocycles. The van der Waals surface area contributed by atoms with Crippen LogP contribution in [0.3, 0.4) is 0 Å². The Kier molecular flexibility index (Phi) is 3.20. The topological polar surface area (TPSA) is 51.2 Å². The molecule has 86 valence electrons. The Balaban J connectivity index is 2.37. The minimum atomic E-state index is -1.08. The molecule has 0 aromatic carbocycles. The normalized spacial score (nSPS) is 25.2. The maximum absolute atomic E-state index is 13.2. The van der Waals surface area contributed by atoms with Crippen molar-refractivity contribution >= 4 is 21.8 Å². The second-order valence-electron chi connectivity index (χ2n) is 3.62. The number of ether oxygens (including phenoxy) is 1. The number of pyridine rings is 1. The SMILES string of the molecule is O=C1COCC(CF)(c2ccnc(Br)c2)N1. The highest BCUT2D eigenvalue weighted by atomic mass is 79.9. The van der Waals surface area contributed by atoms with E-state index in [0.717, 1.165) is 0 Å². The average molecular weight is 289 g/mol. The summed E-state index contributed by atoms with van der Waals surface area (Å²) in [6.07, 6.45) is 1.55. The Morgan fingerprint density at radius 1 is 1.69 bits per heavy atom. The first-order valence-corrected chi connectivity index (χ1v) is 5.52. The van der Waals surface area contributed by atoms with Crippen molar-refractivity contribution in [2.24, 2.45) is 0 Å². The van der Waals surface area contributed by atoms with Gasteiger partial charge in [-0.15, -0.1) is 0 Å². The van der Waals surface area contributed by atoms with Crippen LogP contribution in [0.4, 0.5) is 4.39 Å². The lowest BCUT2D eigenvalue weighted by molar-refractivity contribution is -0.136. The number of nitrogens with one attached hydrogen (secondary N) is 1. The first-order chi connectivity index (χ1) is 7.66. The van der Waals surface area contributed by atoms with Gasteiger partial charge in [0.15, 0.2) is 0 Å². The summed E-state index contributed by atoms with van der Waals surface area (Å²) in [5, 5.41) is 2.64. The largest absolute Gasteiger partial charge is 0.369 e. The summed E-state index contributed by atoms with van der Waals surface area (Å²) in [5.41, 5.74) is -0.439. The number of carbonyl (C=O) groups excluding carboxylic acids is 1. The zero-order valence-electron chi connectivity index (χ0n) is 8.37. The van der Waals surface area contributed by atoms with Gasteiger partial charge in [-0.05, 0) is 33.6 Å². The smallest absolute Gasteiger partial charge is 0.246 e. The van der Waals surface area contributed by atoms with Crippen LogP contribution >= 0.6 is 15.9 Å². The Labute approximate surface area is 100 Å². The average Bonchev–Trinajstić information content (AvgIpc) is 2.29. The molecule has 6 heteroatoms. The first-order valence-electron chi connectivity index (χ1n) is 4.73. The number of alkyl halides is 1. The van der Waals surface area contributed by atoms with E-state index in [4.69, 9.17) is 4.74 Å². The molecule has 1 saturated heterocycles. The number of nitrogens with zero attached hydrogens (tertiary/aromatic N) is 1. The van der Waals surface area contributed by atoms with Gasteiger partial charge in [0.1, 0.15) is 23.4 Å². The van der Waals surface area contributed by atoms with Crippen molar-refractivity contribution in [1.29, 1.82) is 0 Å². The number of morpholine rings is 1. The number of hydrogen-bond acceptors (Lipinski definition) is 3. The fraction of sp³-hybridized carbons (Fsp3) is 0.400. The zero-order valence-corrected chi connectivity index (χ0v) is 9.96. The van der Waals surface area contributed by atoms with Crippen molar-refractivity contribution in [2.45, 2.75) is 5.54 Å². The molecular weight excluding hydrogens is 279 g/mol. The second kappa shape index (κ2) is 4.47. The molecule has 0 radical (unpaired) electrons. The lowest BCUT2D eigenvalue weighted by Gasteiger charge is -2.35. The lowest BCUT2D eigenvalue weighted by atomic mass is 9.92. The summed E-state index contributed by atoms with van der Waals surface area (Å²) >= 11 is 3.21. The van der Waals surface area contributed by atoms with E-state index in [-0.39, 0.29) is 19.1 Å². The van der Waals surface area contributed by atoms with Gasteiger partial charge in [0, 0.05) is 6.20 Å². The number of amides is 1. The van der Waals surface area contributed by atoms with Crippen molar-refractivity contribution in [3.05, 3.63) is 28.5 Å². The fourth-order valence-electron chi connectivity index (χ4n) is 1.66. The van der Waals surface area contributed by atoms with E-state index < -0.39 is 12.2 Å². The van der Waals surface area contributed by atoms with Gasteiger partial charge in [-0.1, -0.05) is 0 Å². The summed E-state index contributed by atoms with van der Waals surface area (Å²) in [5.74, 6) is -0.308. The lowest BCUT2D eigenvalue weighted by Crippen LogP contribution is -2.56. The van der Waals surface area contributed by atoms with E-state index in [0.29, 0.717) is 10.2 Å². The number of hydrogen-bond donors (Lipinski definition) is 1. The Hall–Kier alpha value is -1.01. The van der Waals surface area contributed by atoms with E-state index in [2.05, 4.69) is 26.2 Å². The molecule has 2 rings (SSSR count). The van der Waals surface area contributed by atoms with Crippen molar-refractivity contribution in [1.82, 2.24) is 10.3 Å². The number of rotatable bonds is 2. The third kappa shape index (κ3) is 2.08. The van der Waals surface area contributed by atoms with Crippen LogP contribution in [-0.2, 0) is 15.1 Å². The predicted octanol–water partition coefficient (Wildman–Crippen LogP) is 1.16. The highest BCUT2D eigenvalue weighted by Gasteiger charge is 2.38. The molecule has 0 spiro atoms. The van der Waals surface area contributed by atoms with Crippen LogP contribution in [0.1, 0.15) is 5.56 Å². The number of carbonyl (C=O) groups is 1. The molecule has 0 bridgehead atoms. The van der Waals surface area contributed by atoms with Crippen LogP contribution in [0.5, 0.6) is 0 Å². The maximum atomic E-state index is 13.2. The van der Waals surface area contributed by atoms with Crippen LogP contribution in [-0.4, -0.2) is 30.8 Å². The molecule has 1 atom stereocenters. The number of halogens is 2. The zero-order chi connectivity index (χ0) is 11.6. The Bertz CT molecular complexity index is 416. The molecular formula is C10H10BrFN2O2. The molecule has 1 amide bonds. The first kappa shape index (κ1) is 11.5. The third-order valence-corrected chi connectivity index (χ3v) is 2.90. The van der Waals surface area contributed by atoms with Gasteiger partial charge in [-0.2, -0.15) is 0 Å². The van der Waals surface area contributed by atoms with Crippen molar-refractivity contribution in [3.8, 4) is 0 Å². The van der Waals surface area contributed by atoms with Gasteiger partial charge in [-0.25, -0.2) is 9.37 Å². The van der Waals surface area contributed by atoms with Gasteiger partial charge in [-0.3, -0.25) is 4.79 Å². The second-order valence-corrected chi connectivity index (χ2v) is 4.44. The van der Waals surface area contributed by atoms with Gasteiger partial charge in [0.25, 0.3) is 0 Å². The molecule has 2 heterocycles. The summed E-state index contributed by atoms with van der Waals surface area (Å²) in [6, 6.07) is 3.34. The van der Waals surface area contributed by atoms with Crippen molar-refractivity contribution in [3.63, 3.8) is 0 Å². The summed E-state index contributed by atoms with van der Waals surface area (Å²) in [4.78, 5) is 15.2. The molecule has 1 aromatic heterocycles. The number of aromatic nitrogens is 1.